The number of rotatable bonds is 11. The molecule has 0 aliphatic heterocycles. The molecule has 3 atom stereocenters. The highest BCUT2D eigenvalue weighted by atomic mass is 35.5. The molecule has 8 heteroatoms. The number of carbonyl (C=O) groups excluding carboxylic acids is 1. The highest BCUT2D eigenvalue weighted by molar-refractivity contribution is 6.31. The fourth-order valence-corrected chi connectivity index (χ4v) is 3.64. The number of hydrogen-bond acceptors (Lipinski definition) is 4. The molecule has 0 bridgehead atoms. The lowest BCUT2D eigenvalue weighted by Gasteiger charge is -2.34. The maximum Gasteiger partial charge on any atom is 0.321 e. The number of benzene rings is 2. The summed E-state index contributed by atoms with van der Waals surface area (Å²) >= 11 is 6.34. The second kappa shape index (κ2) is 12.7. The summed E-state index contributed by atoms with van der Waals surface area (Å²) in [5, 5.41) is 13.2. The molecule has 2 rings (SSSR count). The molecule has 2 amide bonds. The normalized spacial score (nSPS) is 14.1. The van der Waals surface area contributed by atoms with Gasteiger partial charge in [-0.1, -0.05) is 36.7 Å². The number of anilines is 1. The number of methoxy groups -OCH3 is 1. The van der Waals surface area contributed by atoms with Gasteiger partial charge in [-0.15, -0.1) is 0 Å². The summed E-state index contributed by atoms with van der Waals surface area (Å²) in [5.74, 6) is -0.291. The first kappa shape index (κ1) is 26.1. The van der Waals surface area contributed by atoms with Crippen molar-refractivity contribution in [2.75, 3.05) is 39.2 Å². The highest BCUT2D eigenvalue weighted by Crippen LogP contribution is 2.21. The van der Waals surface area contributed by atoms with E-state index in [1.165, 1.54) is 24.3 Å². The summed E-state index contributed by atoms with van der Waals surface area (Å²) in [6.45, 7) is 5.67. The minimum atomic E-state index is -0.358. The summed E-state index contributed by atoms with van der Waals surface area (Å²) in [5.41, 5.74) is 1.51. The first-order valence-corrected chi connectivity index (χ1v) is 11.0. The van der Waals surface area contributed by atoms with Crippen LogP contribution >= 0.6 is 11.6 Å². The lowest BCUT2D eigenvalue weighted by molar-refractivity contribution is 0.0154. The van der Waals surface area contributed by atoms with Gasteiger partial charge in [0.1, 0.15) is 5.82 Å². The molecule has 0 fully saturated rings. The maximum atomic E-state index is 13.1. The Kier molecular flexibility index (Phi) is 10.4. The van der Waals surface area contributed by atoms with Crippen molar-refractivity contribution < 1.29 is 19.0 Å². The molecule has 176 valence electrons. The van der Waals surface area contributed by atoms with E-state index in [0.29, 0.717) is 30.3 Å². The Bertz CT molecular complexity index is 853. The summed E-state index contributed by atoms with van der Waals surface area (Å²) < 4.78 is 18.8. The lowest BCUT2D eigenvalue weighted by Crippen LogP contribution is -2.45. The standard InChI is InChI=1S/C24H33ClFN3O3/c1-17(13-29(18(2)16-30)14-19-7-5-6-8-22(19)25)23(32-4)15-28(3)24(31)27-21-11-9-20(26)10-12-21/h5-12,17-18,23,30H,13-16H2,1-4H3,(H,27,31)/t17-,18+,23-/m0/s1. The fourth-order valence-electron chi connectivity index (χ4n) is 3.44. The number of aliphatic hydroxyl groups is 1. The van der Waals surface area contributed by atoms with Crippen LogP contribution in [0.2, 0.25) is 5.02 Å². The van der Waals surface area contributed by atoms with Gasteiger partial charge in [0.15, 0.2) is 0 Å². The van der Waals surface area contributed by atoms with Gasteiger partial charge in [-0.3, -0.25) is 4.90 Å². The van der Waals surface area contributed by atoms with Crippen molar-refractivity contribution in [2.24, 2.45) is 5.92 Å². The van der Waals surface area contributed by atoms with Crippen LogP contribution in [0, 0.1) is 11.7 Å². The van der Waals surface area contributed by atoms with Crippen molar-refractivity contribution in [3.05, 3.63) is 64.9 Å². The molecule has 0 spiro atoms. The van der Waals surface area contributed by atoms with Gasteiger partial charge in [0, 0.05) is 50.5 Å². The van der Waals surface area contributed by atoms with Crippen LogP contribution in [-0.4, -0.2) is 66.9 Å². The molecule has 0 saturated carbocycles. The number of aliphatic hydroxyl groups excluding tert-OH is 1. The number of ether oxygens (including phenoxy) is 1. The quantitative estimate of drug-likeness (QED) is 0.513. The summed E-state index contributed by atoms with van der Waals surface area (Å²) in [4.78, 5) is 16.2. The summed E-state index contributed by atoms with van der Waals surface area (Å²) in [6.07, 6.45) is -0.224. The SMILES string of the molecule is CO[C@@H](CN(C)C(=O)Nc1ccc(F)cc1)[C@@H](C)CN(Cc1ccccc1Cl)[C@H](C)CO. The average molecular weight is 466 g/mol. The fraction of sp³-hybridized carbons (Fsp3) is 0.458. The third-order valence-electron chi connectivity index (χ3n) is 5.57. The Labute approximate surface area is 194 Å². The number of nitrogens with one attached hydrogen (secondary N) is 1. The number of carbonyl (C=O) groups is 1. The van der Waals surface area contributed by atoms with E-state index in [2.05, 4.69) is 17.1 Å². The second-order valence-corrected chi connectivity index (χ2v) is 8.53. The number of nitrogens with zero attached hydrogens (tertiary/aromatic N) is 2. The maximum absolute atomic E-state index is 13.1. The Morgan fingerprint density at radius 3 is 2.41 bits per heavy atom. The van der Waals surface area contributed by atoms with Crippen LogP contribution in [0.15, 0.2) is 48.5 Å². The summed E-state index contributed by atoms with van der Waals surface area (Å²) in [7, 11) is 3.32. The van der Waals surface area contributed by atoms with Gasteiger partial charge >= 0.3 is 6.03 Å². The van der Waals surface area contributed by atoms with Crippen LogP contribution < -0.4 is 5.32 Å². The van der Waals surface area contributed by atoms with E-state index in [0.717, 1.165) is 5.56 Å². The molecule has 0 saturated heterocycles. The van der Waals surface area contributed by atoms with Gasteiger partial charge in [-0.25, -0.2) is 9.18 Å². The monoisotopic (exact) mass is 465 g/mol. The molecule has 0 heterocycles. The third kappa shape index (κ3) is 7.74. The van der Waals surface area contributed by atoms with E-state index < -0.39 is 0 Å². The van der Waals surface area contributed by atoms with Gasteiger partial charge in [-0.2, -0.15) is 0 Å². The number of urea groups is 1. The Morgan fingerprint density at radius 2 is 1.81 bits per heavy atom. The van der Waals surface area contributed by atoms with Crippen molar-refractivity contribution in [2.45, 2.75) is 32.5 Å². The van der Waals surface area contributed by atoms with Crippen molar-refractivity contribution >= 4 is 23.3 Å². The van der Waals surface area contributed by atoms with E-state index >= 15 is 0 Å². The van der Waals surface area contributed by atoms with Gasteiger partial charge in [0.2, 0.25) is 0 Å². The number of hydrogen-bond donors (Lipinski definition) is 2. The number of likely N-dealkylation sites (N-methyl/N-ethyl adjacent to an activating group) is 1. The van der Waals surface area contributed by atoms with Gasteiger partial charge in [0.25, 0.3) is 0 Å². The zero-order valence-electron chi connectivity index (χ0n) is 19.1. The first-order chi connectivity index (χ1) is 15.2. The number of halogens is 2. The van der Waals surface area contributed by atoms with Crippen LogP contribution in [0.4, 0.5) is 14.9 Å². The van der Waals surface area contributed by atoms with E-state index in [1.54, 1.807) is 19.1 Å². The lowest BCUT2D eigenvalue weighted by atomic mass is 10.0. The zero-order valence-corrected chi connectivity index (χ0v) is 19.8. The van der Waals surface area contributed by atoms with E-state index in [1.807, 2.05) is 31.2 Å². The molecule has 32 heavy (non-hydrogen) atoms. The molecule has 2 N–H and O–H groups in total. The molecule has 0 unspecified atom stereocenters. The van der Waals surface area contributed by atoms with Gasteiger partial charge < -0.3 is 20.1 Å². The van der Waals surface area contributed by atoms with Gasteiger partial charge in [-0.05, 0) is 48.7 Å². The average Bonchev–Trinajstić information content (AvgIpc) is 2.78. The molecule has 2 aromatic carbocycles. The molecule has 0 aromatic heterocycles. The minimum absolute atomic E-state index is 0.0226. The molecule has 0 radical (unpaired) electrons. The predicted octanol–water partition coefficient (Wildman–Crippen LogP) is 4.48. The van der Waals surface area contributed by atoms with Crippen molar-refractivity contribution in [3.63, 3.8) is 0 Å². The van der Waals surface area contributed by atoms with Gasteiger partial charge in [0.05, 0.1) is 12.7 Å². The van der Waals surface area contributed by atoms with Crippen LogP contribution in [-0.2, 0) is 11.3 Å². The van der Waals surface area contributed by atoms with E-state index in [9.17, 15) is 14.3 Å². The first-order valence-electron chi connectivity index (χ1n) is 10.6. The third-order valence-corrected chi connectivity index (χ3v) is 5.94. The van der Waals surface area contributed by atoms with Crippen LogP contribution in [0.25, 0.3) is 0 Å². The molecule has 0 aliphatic rings. The molecular formula is C24H33ClFN3O3. The van der Waals surface area contributed by atoms with Crippen LogP contribution in [0.5, 0.6) is 0 Å². The topological polar surface area (TPSA) is 65.0 Å². The molecule has 6 nitrogen and oxygen atoms in total. The smallest absolute Gasteiger partial charge is 0.321 e. The zero-order chi connectivity index (χ0) is 23.7. The highest BCUT2D eigenvalue weighted by Gasteiger charge is 2.25. The number of amides is 2. The molecule has 0 aliphatic carbocycles. The Balaban J connectivity index is 2.00. The van der Waals surface area contributed by atoms with Crippen molar-refractivity contribution in [1.82, 2.24) is 9.80 Å². The summed E-state index contributed by atoms with van der Waals surface area (Å²) in [6, 6.07) is 12.9. The molecular weight excluding hydrogens is 433 g/mol. The van der Waals surface area contributed by atoms with E-state index in [4.69, 9.17) is 16.3 Å². The minimum Gasteiger partial charge on any atom is -0.395 e. The van der Waals surface area contributed by atoms with Crippen LogP contribution in [0.3, 0.4) is 0 Å². The Hall–Kier alpha value is -2.19. The molecule has 2 aromatic rings. The van der Waals surface area contributed by atoms with Crippen molar-refractivity contribution in [1.29, 1.82) is 0 Å². The second-order valence-electron chi connectivity index (χ2n) is 8.12. The largest absolute Gasteiger partial charge is 0.395 e. The predicted molar refractivity (Wildman–Crippen MR) is 126 cm³/mol. The van der Waals surface area contributed by atoms with E-state index in [-0.39, 0.29) is 36.5 Å². The van der Waals surface area contributed by atoms with Crippen molar-refractivity contribution in [3.8, 4) is 0 Å². The Morgan fingerprint density at radius 1 is 1.16 bits per heavy atom. The van der Waals surface area contributed by atoms with Crippen LogP contribution in [0.1, 0.15) is 19.4 Å².